The first-order chi connectivity index (χ1) is 14.2. The van der Waals surface area contributed by atoms with E-state index in [9.17, 15) is 18.5 Å². The summed E-state index contributed by atoms with van der Waals surface area (Å²) in [4.78, 5) is 17.3. The summed E-state index contributed by atoms with van der Waals surface area (Å²) in [6.07, 6.45) is 2.83. The predicted molar refractivity (Wildman–Crippen MR) is 118 cm³/mol. The lowest BCUT2D eigenvalue weighted by molar-refractivity contribution is 0.452. The Morgan fingerprint density at radius 1 is 1.33 bits per heavy atom. The van der Waals surface area contributed by atoms with Gasteiger partial charge in [-0.2, -0.15) is 9.57 Å². The van der Waals surface area contributed by atoms with Crippen LogP contribution in [0.25, 0.3) is 10.9 Å². The van der Waals surface area contributed by atoms with Crippen molar-refractivity contribution in [3.8, 4) is 6.07 Å². The van der Waals surface area contributed by atoms with E-state index in [2.05, 4.69) is 10.3 Å². The molecule has 0 amide bonds. The molecule has 0 radical (unpaired) electrons. The summed E-state index contributed by atoms with van der Waals surface area (Å²) in [7, 11) is -3.36. The topological polar surface area (TPSA) is 108 Å². The Morgan fingerprint density at radius 3 is 2.77 bits per heavy atom. The summed E-state index contributed by atoms with van der Waals surface area (Å²) in [5.74, 6) is -0.0687. The van der Waals surface area contributed by atoms with Crippen LogP contribution in [0.4, 0.5) is 10.7 Å². The number of halogens is 1. The van der Waals surface area contributed by atoms with Crippen molar-refractivity contribution < 1.29 is 8.42 Å². The maximum Gasteiger partial charge on any atom is 0.281 e. The van der Waals surface area contributed by atoms with Crippen molar-refractivity contribution in [2.45, 2.75) is 13.0 Å². The average molecular weight is 464 g/mol. The lowest BCUT2D eigenvalue weighted by Crippen LogP contribution is -2.29. The van der Waals surface area contributed by atoms with Crippen molar-refractivity contribution in [1.29, 1.82) is 5.26 Å². The Balaban J connectivity index is 1.77. The number of rotatable bonds is 4. The van der Waals surface area contributed by atoms with Crippen LogP contribution < -0.4 is 10.9 Å². The van der Waals surface area contributed by atoms with E-state index >= 15 is 0 Å². The first kappa shape index (κ1) is 20.8. The normalized spacial score (nSPS) is 19.8. The fourth-order valence-corrected chi connectivity index (χ4v) is 5.94. The second-order valence-corrected chi connectivity index (χ2v) is 10.7. The van der Waals surface area contributed by atoms with Gasteiger partial charge in [-0.15, -0.1) is 0 Å². The summed E-state index contributed by atoms with van der Waals surface area (Å²) >= 11 is 7.49. The molecule has 0 bridgehead atoms. The first-order valence-corrected chi connectivity index (χ1v) is 12.1. The number of sulfonamides is 1. The lowest BCUT2D eigenvalue weighted by Gasteiger charge is -2.14. The number of fused-ring (bicyclic) bond motifs is 1. The van der Waals surface area contributed by atoms with Crippen LogP contribution in [0.5, 0.6) is 0 Å². The summed E-state index contributed by atoms with van der Waals surface area (Å²) in [5.41, 5.74) is 0.820. The molecule has 3 heterocycles. The van der Waals surface area contributed by atoms with E-state index in [4.69, 9.17) is 11.6 Å². The van der Waals surface area contributed by atoms with Crippen molar-refractivity contribution in [3.63, 3.8) is 0 Å². The average Bonchev–Trinajstić information content (AvgIpc) is 3.23. The van der Waals surface area contributed by atoms with E-state index in [0.29, 0.717) is 22.3 Å². The van der Waals surface area contributed by atoms with Crippen LogP contribution in [-0.4, -0.2) is 41.0 Å². The zero-order chi connectivity index (χ0) is 21.6. The Bertz CT molecular complexity index is 1340. The van der Waals surface area contributed by atoms with Crippen LogP contribution >= 0.6 is 23.1 Å². The summed E-state index contributed by atoms with van der Waals surface area (Å²) in [6, 6.07) is 8.76. The standard InChI is InChI=1S/C19H18ClN5O3S2/c1-11-9-24(30(2,27)28)10-16(11)25-19(26)13(8-21)18(29-25)23-17-12-4-3-7-22-15(12)6-5-14(17)20/h3-7,11,16,23H,9-10H2,1-2H3/t11-,16-/m1/s1. The molecular formula is C19H18ClN5O3S2. The zero-order valence-electron chi connectivity index (χ0n) is 16.2. The Hall–Kier alpha value is -2.45. The number of aromatic nitrogens is 2. The number of nitrogens with one attached hydrogen (secondary N) is 1. The molecule has 1 fully saturated rings. The van der Waals surface area contributed by atoms with Gasteiger partial charge in [-0.25, -0.2) is 8.42 Å². The van der Waals surface area contributed by atoms with Crippen LogP contribution in [0.1, 0.15) is 18.5 Å². The fourth-order valence-electron chi connectivity index (χ4n) is 3.64. The van der Waals surface area contributed by atoms with Crippen molar-refractivity contribution in [2.24, 2.45) is 5.92 Å². The molecule has 2 aromatic heterocycles. The third-order valence-corrected chi connectivity index (χ3v) is 7.90. The summed E-state index contributed by atoms with van der Waals surface area (Å²) in [5, 5.41) is 14.3. The molecule has 0 saturated carbocycles. The molecule has 1 aliphatic heterocycles. The van der Waals surface area contributed by atoms with E-state index in [1.54, 1.807) is 24.4 Å². The van der Waals surface area contributed by atoms with Gasteiger partial charge in [0.1, 0.15) is 11.1 Å². The number of hydrogen-bond acceptors (Lipinski definition) is 7. The Labute approximate surface area is 182 Å². The molecule has 3 aromatic rings. The Kier molecular flexibility index (Phi) is 5.32. The van der Waals surface area contributed by atoms with Gasteiger partial charge in [0.25, 0.3) is 5.56 Å². The highest BCUT2D eigenvalue weighted by Crippen LogP contribution is 2.37. The van der Waals surface area contributed by atoms with Crippen LogP contribution in [-0.2, 0) is 10.0 Å². The fraction of sp³-hybridized carbons (Fsp3) is 0.316. The van der Waals surface area contributed by atoms with Crippen molar-refractivity contribution >= 4 is 54.7 Å². The van der Waals surface area contributed by atoms with Gasteiger partial charge < -0.3 is 5.32 Å². The number of nitriles is 1. The van der Waals surface area contributed by atoms with E-state index in [0.717, 1.165) is 28.7 Å². The largest absolute Gasteiger partial charge is 0.343 e. The number of nitrogens with zero attached hydrogens (tertiary/aromatic N) is 4. The van der Waals surface area contributed by atoms with Gasteiger partial charge in [0.2, 0.25) is 10.0 Å². The molecule has 156 valence electrons. The van der Waals surface area contributed by atoms with E-state index < -0.39 is 15.6 Å². The molecule has 30 heavy (non-hydrogen) atoms. The molecule has 0 unspecified atom stereocenters. The molecule has 1 aliphatic rings. The van der Waals surface area contributed by atoms with Gasteiger partial charge in [0, 0.05) is 24.7 Å². The van der Waals surface area contributed by atoms with Crippen molar-refractivity contribution in [1.82, 2.24) is 13.2 Å². The molecule has 1 aromatic carbocycles. The predicted octanol–water partition coefficient (Wildman–Crippen LogP) is 3.18. The van der Waals surface area contributed by atoms with Crippen LogP contribution in [0.15, 0.2) is 35.3 Å². The maximum atomic E-state index is 12.9. The molecule has 0 aliphatic carbocycles. The second-order valence-electron chi connectivity index (χ2n) is 7.28. The number of pyridine rings is 1. The van der Waals surface area contributed by atoms with Gasteiger partial charge in [-0.1, -0.05) is 18.5 Å². The number of benzene rings is 1. The monoisotopic (exact) mass is 463 g/mol. The minimum atomic E-state index is -3.36. The van der Waals surface area contributed by atoms with Gasteiger partial charge in [0.05, 0.1) is 28.5 Å². The van der Waals surface area contributed by atoms with Gasteiger partial charge in [0.15, 0.2) is 5.56 Å². The van der Waals surface area contributed by atoms with Gasteiger partial charge in [-0.3, -0.25) is 13.7 Å². The summed E-state index contributed by atoms with van der Waals surface area (Å²) in [6.45, 7) is 2.43. The molecule has 0 spiro atoms. The lowest BCUT2D eigenvalue weighted by atomic mass is 10.1. The molecule has 8 nitrogen and oxygen atoms in total. The smallest absolute Gasteiger partial charge is 0.281 e. The molecule has 4 rings (SSSR count). The van der Waals surface area contributed by atoms with Crippen LogP contribution in [0, 0.1) is 17.2 Å². The quantitative estimate of drug-likeness (QED) is 0.636. The van der Waals surface area contributed by atoms with E-state index in [1.807, 2.05) is 19.1 Å². The minimum absolute atomic E-state index is 0.0260. The maximum absolute atomic E-state index is 12.9. The molecule has 1 N–H and O–H groups in total. The third-order valence-electron chi connectivity index (χ3n) is 5.22. The first-order valence-electron chi connectivity index (χ1n) is 9.12. The van der Waals surface area contributed by atoms with Gasteiger partial charge >= 0.3 is 0 Å². The highest BCUT2D eigenvalue weighted by atomic mass is 35.5. The summed E-state index contributed by atoms with van der Waals surface area (Å²) < 4.78 is 26.7. The minimum Gasteiger partial charge on any atom is -0.343 e. The Morgan fingerprint density at radius 2 is 2.10 bits per heavy atom. The van der Waals surface area contributed by atoms with E-state index in [-0.39, 0.29) is 24.1 Å². The number of anilines is 2. The zero-order valence-corrected chi connectivity index (χ0v) is 18.6. The van der Waals surface area contributed by atoms with Crippen molar-refractivity contribution in [2.75, 3.05) is 24.7 Å². The third kappa shape index (κ3) is 3.58. The van der Waals surface area contributed by atoms with Crippen LogP contribution in [0.2, 0.25) is 5.02 Å². The molecule has 1 saturated heterocycles. The molecule has 11 heteroatoms. The molecular weight excluding hydrogens is 446 g/mol. The van der Waals surface area contributed by atoms with Crippen molar-refractivity contribution in [3.05, 3.63) is 51.4 Å². The highest BCUT2D eigenvalue weighted by molar-refractivity contribution is 7.88. The highest BCUT2D eigenvalue weighted by Gasteiger charge is 2.37. The molecule has 2 atom stereocenters. The number of hydrogen-bond donors (Lipinski definition) is 1. The van der Waals surface area contributed by atoms with Gasteiger partial charge in [-0.05, 0) is 41.7 Å². The second kappa shape index (κ2) is 7.67. The van der Waals surface area contributed by atoms with Crippen LogP contribution in [0.3, 0.4) is 0 Å². The SMILES string of the molecule is C[C@@H]1CN(S(C)(=O)=O)C[C@H]1n1sc(Nc2c(Cl)ccc3ncccc23)c(C#N)c1=O. The van der Waals surface area contributed by atoms with E-state index in [1.165, 1.54) is 8.26 Å².